The van der Waals surface area contributed by atoms with Crippen LogP contribution >= 0.6 is 0 Å². The number of hydrogen-bond donors (Lipinski definition) is 0. The number of ether oxygens (including phenoxy) is 1. The SMILES string of the molecule is O=C1[C@@H]2[C@@H](C(=O)N1/N=C\c1cccc(OCc3ccc([N+](=O)[O-])cc3)c1)[C@H]1C=C[C@H]2C1. The van der Waals surface area contributed by atoms with Crippen molar-refractivity contribution in [1.29, 1.82) is 0 Å². The second-order valence-corrected chi connectivity index (χ2v) is 8.02. The summed E-state index contributed by atoms with van der Waals surface area (Å²) in [5.41, 5.74) is 1.52. The third-order valence-electron chi connectivity index (χ3n) is 6.18. The highest BCUT2D eigenvalue weighted by Gasteiger charge is 2.59. The van der Waals surface area contributed by atoms with Gasteiger partial charge in [-0.2, -0.15) is 10.1 Å². The van der Waals surface area contributed by atoms with Crippen LogP contribution < -0.4 is 4.74 Å². The van der Waals surface area contributed by atoms with Crippen LogP contribution in [0.25, 0.3) is 0 Å². The van der Waals surface area contributed by atoms with Crippen LogP contribution in [0.2, 0.25) is 0 Å². The molecule has 1 aliphatic heterocycles. The van der Waals surface area contributed by atoms with Gasteiger partial charge in [0.05, 0.1) is 23.0 Å². The van der Waals surface area contributed by atoms with Gasteiger partial charge in [-0.05, 0) is 53.6 Å². The highest BCUT2D eigenvalue weighted by atomic mass is 16.6. The van der Waals surface area contributed by atoms with Gasteiger partial charge in [-0.1, -0.05) is 24.3 Å². The number of imide groups is 1. The van der Waals surface area contributed by atoms with E-state index in [2.05, 4.69) is 17.3 Å². The topological polar surface area (TPSA) is 102 Å². The molecule has 1 heterocycles. The second kappa shape index (κ2) is 7.46. The molecule has 3 aliphatic rings. The van der Waals surface area contributed by atoms with Crippen LogP contribution in [-0.2, 0) is 16.2 Å². The molecule has 0 unspecified atom stereocenters. The molecule has 0 aromatic heterocycles. The number of nitro groups is 1. The molecule has 2 bridgehead atoms. The third kappa shape index (κ3) is 3.39. The van der Waals surface area contributed by atoms with Gasteiger partial charge in [-0.3, -0.25) is 19.7 Å². The van der Waals surface area contributed by atoms with Crippen LogP contribution in [0.4, 0.5) is 5.69 Å². The van der Waals surface area contributed by atoms with Crippen LogP contribution in [0, 0.1) is 33.8 Å². The Morgan fingerprint density at radius 1 is 1.06 bits per heavy atom. The van der Waals surface area contributed by atoms with E-state index in [1.54, 1.807) is 36.4 Å². The number of nitrogens with zero attached hydrogens (tertiary/aromatic N) is 3. The first-order valence-electron chi connectivity index (χ1n) is 10.1. The summed E-state index contributed by atoms with van der Waals surface area (Å²) in [6, 6.07) is 13.3. The normalized spacial score (nSPS) is 26.1. The number of rotatable bonds is 6. The average molecular weight is 417 g/mol. The average Bonchev–Trinajstić information content (AvgIpc) is 3.46. The maximum absolute atomic E-state index is 12.7. The lowest BCUT2D eigenvalue weighted by Gasteiger charge is -2.13. The molecule has 156 valence electrons. The smallest absolute Gasteiger partial charge is 0.269 e. The molecule has 2 fully saturated rings. The zero-order chi connectivity index (χ0) is 21.5. The number of hydrogen-bond acceptors (Lipinski definition) is 6. The molecule has 2 aliphatic carbocycles. The molecule has 8 heteroatoms. The Kier molecular flexibility index (Phi) is 4.62. The van der Waals surface area contributed by atoms with E-state index in [1.165, 1.54) is 18.3 Å². The van der Waals surface area contributed by atoms with E-state index in [9.17, 15) is 19.7 Å². The highest BCUT2D eigenvalue weighted by molar-refractivity contribution is 6.06. The lowest BCUT2D eigenvalue weighted by atomic mass is 9.85. The van der Waals surface area contributed by atoms with Gasteiger partial charge in [-0.15, -0.1) is 0 Å². The first-order chi connectivity index (χ1) is 15.0. The van der Waals surface area contributed by atoms with Crippen molar-refractivity contribution in [2.45, 2.75) is 13.0 Å². The van der Waals surface area contributed by atoms with Crippen molar-refractivity contribution in [3.05, 3.63) is 81.9 Å². The fourth-order valence-corrected chi connectivity index (χ4v) is 4.69. The van der Waals surface area contributed by atoms with E-state index < -0.39 is 4.92 Å². The van der Waals surface area contributed by atoms with Gasteiger partial charge in [0.1, 0.15) is 12.4 Å². The molecule has 4 atom stereocenters. The molecule has 8 nitrogen and oxygen atoms in total. The van der Waals surface area contributed by atoms with Gasteiger partial charge in [0.15, 0.2) is 0 Å². The van der Waals surface area contributed by atoms with Gasteiger partial charge in [-0.25, -0.2) is 0 Å². The number of allylic oxidation sites excluding steroid dienone is 2. The summed E-state index contributed by atoms with van der Waals surface area (Å²) in [5.74, 6) is -0.0690. The number of hydrazone groups is 1. The van der Waals surface area contributed by atoms with Crippen LogP contribution in [-0.4, -0.2) is 28.0 Å². The van der Waals surface area contributed by atoms with Crippen LogP contribution in [0.3, 0.4) is 0 Å². The van der Waals surface area contributed by atoms with Crippen molar-refractivity contribution in [2.24, 2.45) is 28.8 Å². The molecule has 1 saturated carbocycles. The van der Waals surface area contributed by atoms with Crippen molar-refractivity contribution >= 4 is 23.7 Å². The summed E-state index contributed by atoms with van der Waals surface area (Å²) in [7, 11) is 0. The number of fused-ring (bicyclic) bond motifs is 5. The minimum atomic E-state index is -0.447. The Hall–Kier alpha value is -3.81. The van der Waals surface area contributed by atoms with E-state index in [4.69, 9.17) is 4.74 Å². The zero-order valence-corrected chi connectivity index (χ0v) is 16.5. The predicted octanol–water partition coefficient (Wildman–Crippen LogP) is 3.31. The van der Waals surface area contributed by atoms with Crippen molar-refractivity contribution in [3.8, 4) is 5.75 Å². The van der Waals surface area contributed by atoms with E-state index >= 15 is 0 Å². The molecular formula is C23H19N3O5. The molecule has 0 N–H and O–H groups in total. The standard InChI is InChI=1S/C23H19N3O5/c27-22-20-16-6-7-17(11-16)21(20)23(28)25(22)24-12-15-2-1-3-19(10-15)31-13-14-4-8-18(9-5-14)26(29)30/h1-10,12,16-17,20-21H,11,13H2/b24-12-/t16-,17-,20-,21-/m0/s1. The first-order valence-corrected chi connectivity index (χ1v) is 10.1. The van der Waals surface area contributed by atoms with Gasteiger partial charge < -0.3 is 4.74 Å². The van der Waals surface area contributed by atoms with Crippen LogP contribution in [0.1, 0.15) is 17.5 Å². The summed E-state index contributed by atoms with van der Waals surface area (Å²) in [4.78, 5) is 35.7. The number of benzene rings is 2. The fraction of sp³-hybridized carbons (Fsp3) is 0.261. The summed E-state index contributed by atoms with van der Waals surface area (Å²) in [6.45, 7) is 0.251. The largest absolute Gasteiger partial charge is 0.489 e. The number of non-ortho nitro benzene ring substituents is 1. The Balaban J connectivity index is 1.24. The maximum atomic E-state index is 12.7. The minimum Gasteiger partial charge on any atom is -0.489 e. The predicted molar refractivity (Wildman–Crippen MR) is 111 cm³/mol. The van der Waals surface area contributed by atoms with E-state index in [-0.39, 0.29) is 47.8 Å². The first kappa shape index (κ1) is 19.2. The van der Waals surface area contributed by atoms with Crippen molar-refractivity contribution in [1.82, 2.24) is 5.01 Å². The summed E-state index contributed by atoms with van der Waals surface area (Å²) < 4.78 is 5.76. The van der Waals surface area contributed by atoms with Gasteiger partial charge >= 0.3 is 0 Å². The quantitative estimate of drug-likeness (QED) is 0.236. The lowest BCUT2D eigenvalue weighted by molar-refractivity contribution is -0.384. The van der Waals surface area contributed by atoms with E-state index in [0.29, 0.717) is 11.3 Å². The fourth-order valence-electron chi connectivity index (χ4n) is 4.69. The van der Waals surface area contributed by atoms with Crippen molar-refractivity contribution < 1.29 is 19.2 Å². The van der Waals surface area contributed by atoms with E-state index in [1.807, 2.05) is 0 Å². The van der Waals surface area contributed by atoms with Crippen molar-refractivity contribution in [2.75, 3.05) is 0 Å². The third-order valence-corrected chi connectivity index (χ3v) is 6.18. The Morgan fingerprint density at radius 2 is 1.74 bits per heavy atom. The highest BCUT2D eigenvalue weighted by Crippen LogP contribution is 2.52. The molecule has 5 rings (SSSR count). The number of nitro benzene ring substituents is 1. The molecular weight excluding hydrogens is 398 g/mol. The minimum absolute atomic E-state index is 0.0286. The van der Waals surface area contributed by atoms with Crippen molar-refractivity contribution in [3.63, 3.8) is 0 Å². The number of carbonyl (C=O) groups excluding carboxylic acids is 2. The molecule has 2 amide bonds. The summed E-state index contributed by atoms with van der Waals surface area (Å²) >= 11 is 0. The molecule has 1 saturated heterocycles. The zero-order valence-electron chi connectivity index (χ0n) is 16.5. The maximum Gasteiger partial charge on any atom is 0.269 e. The number of amides is 2. The van der Waals surface area contributed by atoms with Crippen LogP contribution in [0.15, 0.2) is 65.8 Å². The lowest BCUT2D eigenvalue weighted by Crippen LogP contribution is -2.28. The number of carbonyl (C=O) groups is 2. The van der Waals surface area contributed by atoms with Gasteiger partial charge in [0.25, 0.3) is 17.5 Å². The second-order valence-electron chi connectivity index (χ2n) is 8.02. The summed E-state index contributed by atoms with van der Waals surface area (Å²) in [6.07, 6.45) is 6.48. The molecule has 2 aromatic carbocycles. The molecule has 2 aromatic rings. The monoisotopic (exact) mass is 417 g/mol. The molecule has 0 radical (unpaired) electrons. The van der Waals surface area contributed by atoms with Gasteiger partial charge in [0.2, 0.25) is 0 Å². The Bertz CT molecular complexity index is 1090. The molecule has 31 heavy (non-hydrogen) atoms. The van der Waals surface area contributed by atoms with Crippen LogP contribution in [0.5, 0.6) is 5.75 Å². The van der Waals surface area contributed by atoms with E-state index in [0.717, 1.165) is 17.0 Å². The Morgan fingerprint density at radius 3 is 2.39 bits per heavy atom. The summed E-state index contributed by atoms with van der Waals surface area (Å²) in [5, 5.41) is 15.9. The Labute approximate surface area is 178 Å². The molecule has 0 spiro atoms. The van der Waals surface area contributed by atoms with Gasteiger partial charge in [0, 0.05) is 12.1 Å².